The molecule has 1 heterocycles. The van der Waals surface area contributed by atoms with Crippen molar-refractivity contribution in [3.63, 3.8) is 0 Å². The standard InChI is InChI=1S/C21H18ClIN2O5/c1-3-29-17-10-12(9-16(23)18(17)30-4-2)8-15-19(26)24-21(28)25(20(15)27)14-7-5-6-13(22)11-14/h5-11H,3-4H2,1-2H3,(H,24,26,28)/b15-8+. The van der Waals surface area contributed by atoms with Crippen molar-refractivity contribution >= 4 is 63.8 Å². The van der Waals surface area contributed by atoms with E-state index >= 15 is 0 Å². The summed E-state index contributed by atoms with van der Waals surface area (Å²) in [5.74, 6) is -0.417. The largest absolute Gasteiger partial charge is 0.490 e. The molecule has 3 rings (SSSR count). The van der Waals surface area contributed by atoms with Crippen molar-refractivity contribution in [2.45, 2.75) is 13.8 Å². The molecular formula is C21H18ClIN2O5. The zero-order chi connectivity index (χ0) is 21.8. The first-order valence-electron chi connectivity index (χ1n) is 9.11. The van der Waals surface area contributed by atoms with Crippen molar-refractivity contribution in [1.29, 1.82) is 0 Å². The van der Waals surface area contributed by atoms with Gasteiger partial charge in [0.25, 0.3) is 11.8 Å². The molecule has 1 aliphatic rings. The highest BCUT2D eigenvalue weighted by Crippen LogP contribution is 2.35. The van der Waals surface area contributed by atoms with Crippen LogP contribution in [0.5, 0.6) is 11.5 Å². The maximum absolute atomic E-state index is 13.0. The SMILES string of the molecule is CCOc1cc(/C=C2\C(=O)NC(=O)N(c3cccc(Cl)c3)C2=O)cc(I)c1OCC. The fraction of sp³-hybridized carbons (Fsp3) is 0.190. The van der Waals surface area contributed by atoms with Gasteiger partial charge in [-0.25, -0.2) is 9.69 Å². The number of anilines is 1. The summed E-state index contributed by atoms with van der Waals surface area (Å²) < 4.78 is 12.1. The van der Waals surface area contributed by atoms with Gasteiger partial charge in [0.05, 0.1) is 22.5 Å². The molecule has 0 aromatic heterocycles. The number of imide groups is 2. The number of hydrogen-bond acceptors (Lipinski definition) is 5. The van der Waals surface area contributed by atoms with Gasteiger partial charge in [-0.05, 0) is 78.4 Å². The molecule has 156 valence electrons. The predicted octanol–water partition coefficient (Wildman–Crippen LogP) is 4.41. The molecule has 0 spiro atoms. The topological polar surface area (TPSA) is 84.9 Å². The third-order valence-electron chi connectivity index (χ3n) is 4.10. The molecule has 0 saturated carbocycles. The van der Waals surface area contributed by atoms with E-state index in [-0.39, 0.29) is 11.3 Å². The van der Waals surface area contributed by atoms with Crippen molar-refractivity contribution in [3.8, 4) is 11.5 Å². The average Bonchev–Trinajstić information content (AvgIpc) is 2.68. The molecule has 4 amide bonds. The van der Waals surface area contributed by atoms with Gasteiger partial charge in [0.1, 0.15) is 5.57 Å². The Hall–Kier alpha value is -2.59. The van der Waals surface area contributed by atoms with E-state index in [2.05, 4.69) is 27.9 Å². The summed E-state index contributed by atoms with van der Waals surface area (Å²) in [5.41, 5.74) is 0.641. The lowest BCUT2D eigenvalue weighted by molar-refractivity contribution is -0.122. The van der Waals surface area contributed by atoms with Crippen LogP contribution in [-0.2, 0) is 9.59 Å². The molecule has 0 radical (unpaired) electrons. The summed E-state index contributed by atoms with van der Waals surface area (Å²) >= 11 is 8.08. The summed E-state index contributed by atoms with van der Waals surface area (Å²) in [6, 6.07) is 8.88. The molecule has 1 N–H and O–H groups in total. The summed E-state index contributed by atoms with van der Waals surface area (Å²) in [4.78, 5) is 38.6. The normalized spacial score (nSPS) is 15.4. The van der Waals surface area contributed by atoms with Crippen molar-refractivity contribution in [1.82, 2.24) is 5.32 Å². The van der Waals surface area contributed by atoms with E-state index < -0.39 is 17.8 Å². The summed E-state index contributed by atoms with van der Waals surface area (Å²) in [6.07, 6.45) is 1.42. The van der Waals surface area contributed by atoms with Gasteiger partial charge < -0.3 is 9.47 Å². The zero-order valence-electron chi connectivity index (χ0n) is 16.2. The number of ether oxygens (including phenoxy) is 2. The van der Waals surface area contributed by atoms with Gasteiger partial charge >= 0.3 is 6.03 Å². The molecule has 7 nitrogen and oxygen atoms in total. The number of benzene rings is 2. The smallest absolute Gasteiger partial charge is 0.335 e. The van der Waals surface area contributed by atoms with E-state index in [0.29, 0.717) is 35.3 Å². The number of carbonyl (C=O) groups is 3. The number of halogens is 2. The van der Waals surface area contributed by atoms with Crippen LogP contribution < -0.4 is 19.7 Å². The number of rotatable bonds is 6. The van der Waals surface area contributed by atoms with Crippen molar-refractivity contribution in [2.75, 3.05) is 18.1 Å². The molecule has 1 saturated heterocycles. The second kappa shape index (κ2) is 9.48. The lowest BCUT2D eigenvalue weighted by atomic mass is 10.1. The fourth-order valence-electron chi connectivity index (χ4n) is 2.89. The van der Waals surface area contributed by atoms with Crippen LogP contribution in [0.4, 0.5) is 10.5 Å². The van der Waals surface area contributed by atoms with Crippen molar-refractivity contribution < 1.29 is 23.9 Å². The van der Waals surface area contributed by atoms with Gasteiger partial charge in [-0.2, -0.15) is 0 Å². The quantitative estimate of drug-likeness (QED) is 0.333. The first-order valence-corrected chi connectivity index (χ1v) is 10.6. The van der Waals surface area contributed by atoms with Gasteiger partial charge in [-0.15, -0.1) is 0 Å². The van der Waals surface area contributed by atoms with Crippen LogP contribution in [0.2, 0.25) is 5.02 Å². The Morgan fingerprint density at radius 1 is 1.10 bits per heavy atom. The first-order chi connectivity index (χ1) is 14.3. The minimum Gasteiger partial charge on any atom is -0.490 e. The Bertz CT molecular complexity index is 1050. The lowest BCUT2D eigenvalue weighted by Gasteiger charge is -2.26. The molecule has 2 aromatic rings. The highest BCUT2D eigenvalue weighted by molar-refractivity contribution is 14.1. The molecular weight excluding hydrogens is 523 g/mol. The van der Waals surface area contributed by atoms with Crippen LogP contribution >= 0.6 is 34.2 Å². The second-order valence-corrected chi connectivity index (χ2v) is 7.73. The maximum Gasteiger partial charge on any atom is 0.335 e. The molecule has 1 aliphatic heterocycles. The van der Waals surface area contributed by atoms with Crippen LogP contribution in [0, 0.1) is 3.57 Å². The van der Waals surface area contributed by atoms with Crippen LogP contribution in [0.25, 0.3) is 6.08 Å². The average molecular weight is 541 g/mol. The summed E-state index contributed by atoms with van der Waals surface area (Å²) in [5, 5.41) is 2.55. The van der Waals surface area contributed by atoms with Gasteiger partial charge in [0.15, 0.2) is 11.5 Å². The Morgan fingerprint density at radius 3 is 2.50 bits per heavy atom. The van der Waals surface area contributed by atoms with Crippen LogP contribution in [-0.4, -0.2) is 31.1 Å². The highest BCUT2D eigenvalue weighted by Gasteiger charge is 2.37. The molecule has 0 atom stereocenters. The van der Waals surface area contributed by atoms with E-state index in [0.717, 1.165) is 8.47 Å². The van der Waals surface area contributed by atoms with E-state index in [1.54, 1.807) is 30.3 Å². The monoisotopic (exact) mass is 540 g/mol. The van der Waals surface area contributed by atoms with Gasteiger partial charge in [-0.1, -0.05) is 17.7 Å². The minimum atomic E-state index is -0.833. The Kier molecular flexibility index (Phi) is 6.99. The van der Waals surface area contributed by atoms with Gasteiger partial charge in [0, 0.05) is 5.02 Å². The lowest BCUT2D eigenvalue weighted by Crippen LogP contribution is -2.54. The van der Waals surface area contributed by atoms with Crippen LogP contribution in [0.15, 0.2) is 42.0 Å². The van der Waals surface area contributed by atoms with E-state index in [1.807, 2.05) is 13.8 Å². The molecule has 0 aliphatic carbocycles. The van der Waals surface area contributed by atoms with E-state index in [4.69, 9.17) is 21.1 Å². The number of nitrogens with one attached hydrogen (secondary N) is 1. The number of barbiturate groups is 1. The Labute approximate surface area is 192 Å². The summed E-state index contributed by atoms with van der Waals surface area (Å²) in [7, 11) is 0. The maximum atomic E-state index is 13.0. The molecule has 2 aromatic carbocycles. The molecule has 30 heavy (non-hydrogen) atoms. The predicted molar refractivity (Wildman–Crippen MR) is 122 cm³/mol. The zero-order valence-corrected chi connectivity index (χ0v) is 19.1. The number of hydrogen-bond donors (Lipinski definition) is 1. The van der Waals surface area contributed by atoms with Gasteiger partial charge in [0.2, 0.25) is 0 Å². The number of amides is 4. The molecule has 9 heteroatoms. The Balaban J connectivity index is 2.04. The van der Waals surface area contributed by atoms with Crippen LogP contribution in [0.1, 0.15) is 19.4 Å². The van der Waals surface area contributed by atoms with Crippen molar-refractivity contribution in [2.24, 2.45) is 0 Å². The molecule has 0 bridgehead atoms. The summed E-state index contributed by atoms with van der Waals surface area (Å²) in [6.45, 7) is 4.61. The van der Waals surface area contributed by atoms with E-state index in [1.165, 1.54) is 12.1 Å². The van der Waals surface area contributed by atoms with E-state index in [9.17, 15) is 14.4 Å². The second-order valence-electron chi connectivity index (χ2n) is 6.13. The molecule has 0 unspecified atom stereocenters. The van der Waals surface area contributed by atoms with Gasteiger partial charge in [-0.3, -0.25) is 14.9 Å². The van der Waals surface area contributed by atoms with Crippen LogP contribution in [0.3, 0.4) is 0 Å². The highest BCUT2D eigenvalue weighted by atomic mass is 127. The third kappa shape index (κ3) is 4.59. The number of nitrogens with zero attached hydrogens (tertiary/aromatic N) is 1. The number of carbonyl (C=O) groups excluding carboxylic acids is 3. The Morgan fingerprint density at radius 2 is 1.83 bits per heavy atom. The first kappa shape index (κ1) is 22.1. The third-order valence-corrected chi connectivity index (χ3v) is 5.14. The minimum absolute atomic E-state index is 0.183. The fourth-order valence-corrected chi connectivity index (χ4v) is 3.86. The van der Waals surface area contributed by atoms with Crippen molar-refractivity contribution in [3.05, 3.63) is 56.1 Å². The number of urea groups is 1. The molecule has 1 fully saturated rings.